The molecule has 0 radical (unpaired) electrons. The third kappa shape index (κ3) is 2.83. The molecule has 3 aromatic rings. The lowest BCUT2D eigenvalue weighted by molar-refractivity contribution is 0.640. The molecule has 3 heterocycles. The van der Waals surface area contributed by atoms with Gasteiger partial charge in [-0.2, -0.15) is 4.98 Å². The van der Waals surface area contributed by atoms with Crippen LogP contribution < -0.4 is 15.4 Å². The number of benzene rings is 1. The van der Waals surface area contributed by atoms with Gasteiger partial charge in [-0.05, 0) is 24.3 Å². The second-order valence-corrected chi connectivity index (χ2v) is 6.60. The number of halogens is 2. The number of anilines is 2. The average molecular weight is 364 g/mol. The number of H-pyrrole nitrogens is 2. The predicted molar refractivity (Wildman–Crippen MR) is 97.6 cm³/mol. The molecule has 6 nitrogen and oxygen atoms in total. The number of nitrogens with zero attached hydrogens (tertiary/aromatic N) is 3. The summed E-state index contributed by atoms with van der Waals surface area (Å²) in [6.45, 7) is 3.09. The molecule has 4 rings (SSSR count). The minimum atomic E-state index is -0.125. The Labute approximate surface area is 148 Å². The predicted octanol–water partition coefficient (Wildman–Crippen LogP) is 2.88. The third-order valence-electron chi connectivity index (χ3n) is 4.20. The molecule has 8 heteroatoms. The molecule has 1 aliphatic heterocycles. The van der Waals surface area contributed by atoms with Crippen molar-refractivity contribution in [2.75, 3.05) is 36.0 Å². The minimum absolute atomic E-state index is 0.125. The molecular weight excluding hydrogens is 349 g/mol. The van der Waals surface area contributed by atoms with Crippen molar-refractivity contribution in [2.45, 2.75) is 0 Å². The molecule has 0 amide bonds. The van der Waals surface area contributed by atoms with Crippen LogP contribution in [0.1, 0.15) is 0 Å². The summed E-state index contributed by atoms with van der Waals surface area (Å²) >= 11 is 12.2. The molecular formula is C16H15Cl2N5O. The van der Waals surface area contributed by atoms with Crippen molar-refractivity contribution in [1.82, 2.24) is 15.0 Å². The van der Waals surface area contributed by atoms with E-state index in [9.17, 15) is 4.79 Å². The van der Waals surface area contributed by atoms with E-state index in [0.29, 0.717) is 27.0 Å². The second-order valence-electron chi connectivity index (χ2n) is 5.73. The van der Waals surface area contributed by atoms with Gasteiger partial charge in [0.1, 0.15) is 5.65 Å². The average Bonchev–Trinajstić information content (AvgIpc) is 3.03. The Hall–Kier alpha value is -2.18. The summed E-state index contributed by atoms with van der Waals surface area (Å²) in [6, 6.07) is 7.28. The van der Waals surface area contributed by atoms with Gasteiger partial charge in [0.05, 0.1) is 5.39 Å². The van der Waals surface area contributed by atoms with Crippen LogP contribution in [0.4, 0.5) is 11.6 Å². The molecule has 1 fully saturated rings. The zero-order valence-corrected chi connectivity index (χ0v) is 14.2. The molecule has 2 aromatic heterocycles. The Morgan fingerprint density at radius 2 is 1.67 bits per heavy atom. The van der Waals surface area contributed by atoms with Gasteiger partial charge in [-0.1, -0.05) is 23.2 Å². The second kappa shape index (κ2) is 6.03. The van der Waals surface area contributed by atoms with Crippen molar-refractivity contribution in [3.05, 3.63) is 50.9 Å². The lowest BCUT2D eigenvalue weighted by atomic mass is 10.2. The van der Waals surface area contributed by atoms with Crippen molar-refractivity contribution in [1.29, 1.82) is 0 Å². The molecule has 0 saturated carbocycles. The van der Waals surface area contributed by atoms with Gasteiger partial charge in [-0.15, -0.1) is 0 Å². The van der Waals surface area contributed by atoms with Crippen LogP contribution in [0, 0.1) is 0 Å². The zero-order valence-electron chi connectivity index (χ0n) is 12.7. The van der Waals surface area contributed by atoms with E-state index in [-0.39, 0.29) is 5.56 Å². The van der Waals surface area contributed by atoms with Crippen LogP contribution in [0.2, 0.25) is 10.0 Å². The Morgan fingerprint density at radius 3 is 2.38 bits per heavy atom. The molecule has 124 valence electrons. The Bertz CT molecular complexity index is 923. The van der Waals surface area contributed by atoms with E-state index in [1.54, 1.807) is 18.3 Å². The van der Waals surface area contributed by atoms with E-state index < -0.39 is 0 Å². The summed E-state index contributed by atoms with van der Waals surface area (Å²) in [5, 5.41) is 1.83. The van der Waals surface area contributed by atoms with Gasteiger partial charge >= 0.3 is 0 Å². The van der Waals surface area contributed by atoms with Gasteiger partial charge in [0, 0.05) is 48.1 Å². The van der Waals surface area contributed by atoms with Crippen LogP contribution in [0.3, 0.4) is 0 Å². The van der Waals surface area contributed by atoms with Gasteiger partial charge in [0.15, 0.2) is 0 Å². The topological polar surface area (TPSA) is 68.0 Å². The summed E-state index contributed by atoms with van der Waals surface area (Å²) in [6.07, 6.45) is 1.72. The fraction of sp³-hybridized carbons (Fsp3) is 0.250. The van der Waals surface area contributed by atoms with E-state index >= 15 is 0 Å². The van der Waals surface area contributed by atoms with E-state index in [1.807, 2.05) is 12.1 Å². The van der Waals surface area contributed by atoms with Crippen molar-refractivity contribution < 1.29 is 0 Å². The lowest BCUT2D eigenvalue weighted by Crippen LogP contribution is -2.47. The van der Waals surface area contributed by atoms with Crippen LogP contribution in [-0.4, -0.2) is 41.1 Å². The number of piperazine rings is 1. The standard InChI is InChI=1S/C16H15Cl2N5O/c17-10-7-11(18)9-12(8-10)22-3-5-23(6-4-22)16-20-14-13(1-2-19-14)15(24)21-16/h1-2,7-9H,3-6H2,(H2,19,20,21,24). The van der Waals surface area contributed by atoms with Crippen LogP contribution in [-0.2, 0) is 0 Å². The highest BCUT2D eigenvalue weighted by atomic mass is 35.5. The molecule has 1 aliphatic rings. The number of nitrogens with one attached hydrogen (secondary N) is 2. The van der Waals surface area contributed by atoms with E-state index in [2.05, 4.69) is 24.8 Å². The molecule has 0 spiro atoms. The van der Waals surface area contributed by atoms with Crippen LogP contribution >= 0.6 is 23.2 Å². The summed E-state index contributed by atoms with van der Waals surface area (Å²) in [4.78, 5) is 26.7. The molecule has 1 aromatic carbocycles. The van der Waals surface area contributed by atoms with Crippen molar-refractivity contribution >= 4 is 45.9 Å². The van der Waals surface area contributed by atoms with Gasteiger partial charge in [-0.3, -0.25) is 9.78 Å². The maximum Gasteiger partial charge on any atom is 0.261 e. The largest absolute Gasteiger partial charge is 0.368 e. The van der Waals surface area contributed by atoms with Crippen LogP contribution in [0.25, 0.3) is 11.0 Å². The number of hydrogen-bond acceptors (Lipinski definition) is 4. The molecule has 2 N–H and O–H groups in total. The first-order valence-electron chi connectivity index (χ1n) is 7.63. The molecule has 0 unspecified atom stereocenters. The maximum atomic E-state index is 12.1. The summed E-state index contributed by atoms with van der Waals surface area (Å²) in [5.41, 5.74) is 1.49. The number of aromatic nitrogens is 3. The van der Waals surface area contributed by atoms with E-state index in [0.717, 1.165) is 31.9 Å². The van der Waals surface area contributed by atoms with Gasteiger partial charge in [0.2, 0.25) is 5.95 Å². The Morgan fingerprint density at radius 1 is 1.00 bits per heavy atom. The molecule has 0 atom stereocenters. The van der Waals surface area contributed by atoms with Gasteiger partial charge in [-0.25, -0.2) is 0 Å². The van der Waals surface area contributed by atoms with Gasteiger partial charge < -0.3 is 14.8 Å². The highest BCUT2D eigenvalue weighted by molar-refractivity contribution is 6.35. The van der Waals surface area contributed by atoms with Crippen molar-refractivity contribution in [3.8, 4) is 0 Å². The Kier molecular flexibility index (Phi) is 3.86. The SMILES string of the molecule is O=c1[nH]c(N2CCN(c3cc(Cl)cc(Cl)c3)CC2)nc2[nH]ccc12. The fourth-order valence-corrected chi connectivity index (χ4v) is 3.50. The molecule has 0 bridgehead atoms. The molecule has 24 heavy (non-hydrogen) atoms. The number of rotatable bonds is 2. The maximum absolute atomic E-state index is 12.1. The van der Waals surface area contributed by atoms with Crippen LogP contribution in [0.5, 0.6) is 0 Å². The monoisotopic (exact) mass is 363 g/mol. The number of aromatic amines is 2. The lowest BCUT2D eigenvalue weighted by Gasteiger charge is -2.36. The van der Waals surface area contributed by atoms with Crippen molar-refractivity contribution in [3.63, 3.8) is 0 Å². The first kappa shape index (κ1) is 15.4. The highest BCUT2D eigenvalue weighted by Crippen LogP contribution is 2.26. The first-order valence-corrected chi connectivity index (χ1v) is 8.39. The molecule has 1 saturated heterocycles. The highest BCUT2D eigenvalue weighted by Gasteiger charge is 2.20. The van der Waals surface area contributed by atoms with Gasteiger partial charge in [0.25, 0.3) is 5.56 Å². The number of fused-ring (bicyclic) bond motifs is 1. The zero-order chi connectivity index (χ0) is 16.7. The molecule has 0 aliphatic carbocycles. The van der Waals surface area contributed by atoms with Crippen LogP contribution in [0.15, 0.2) is 35.3 Å². The van der Waals surface area contributed by atoms with E-state index in [1.165, 1.54) is 0 Å². The summed E-state index contributed by atoms with van der Waals surface area (Å²) in [5.74, 6) is 0.596. The summed E-state index contributed by atoms with van der Waals surface area (Å²) < 4.78 is 0. The normalized spacial score (nSPS) is 15.2. The quantitative estimate of drug-likeness (QED) is 0.734. The van der Waals surface area contributed by atoms with Crippen molar-refractivity contribution in [2.24, 2.45) is 0 Å². The first-order chi connectivity index (χ1) is 11.6. The number of hydrogen-bond donors (Lipinski definition) is 2. The Balaban J connectivity index is 1.53. The fourth-order valence-electron chi connectivity index (χ4n) is 2.99. The summed E-state index contributed by atoms with van der Waals surface area (Å²) in [7, 11) is 0. The minimum Gasteiger partial charge on any atom is -0.368 e. The smallest absolute Gasteiger partial charge is 0.261 e. The third-order valence-corrected chi connectivity index (χ3v) is 4.64. The van der Waals surface area contributed by atoms with E-state index in [4.69, 9.17) is 23.2 Å².